The van der Waals surface area contributed by atoms with Crippen LogP contribution < -0.4 is 5.73 Å². The van der Waals surface area contributed by atoms with Gasteiger partial charge in [0.1, 0.15) is 10.8 Å². The lowest BCUT2D eigenvalue weighted by molar-refractivity contribution is 0.100. The number of primary amides is 1. The van der Waals surface area contributed by atoms with Crippen LogP contribution in [0.2, 0.25) is 0 Å². The van der Waals surface area contributed by atoms with Crippen molar-refractivity contribution >= 4 is 39.5 Å². The lowest BCUT2D eigenvalue weighted by Gasteiger charge is -2.10. The molecule has 1 amide bonds. The average Bonchev–Trinajstić information content (AvgIpc) is 3.13. The molecule has 0 bridgehead atoms. The summed E-state index contributed by atoms with van der Waals surface area (Å²) >= 11 is 1.58. The first-order valence-electron chi connectivity index (χ1n) is 7.65. The van der Waals surface area contributed by atoms with Gasteiger partial charge in [0.15, 0.2) is 0 Å². The fourth-order valence-electron chi connectivity index (χ4n) is 3.05. The van der Waals surface area contributed by atoms with E-state index in [0.29, 0.717) is 16.4 Å². The number of carbonyl (C=O) groups is 1. The number of hydrogen-bond donors (Lipinski definition) is 2. The van der Waals surface area contributed by atoms with E-state index < -0.39 is 0 Å². The van der Waals surface area contributed by atoms with Crippen LogP contribution in [0.1, 0.15) is 39.5 Å². The summed E-state index contributed by atoms with van der Waals surface area (Å²) in [4.78, 5) is 25.3. The fourth-order valence-corrected chi connectivity index (χ4v) is 4.29. The standard InChI is InChI=1S/C17H16N4OS/c18-16(22)15-10-5-1-4-8-13(10)23-17(15)19-9-14-20-11-6-2-3-7-12(11)21-14/h2-3,6-7,9H,1,4-5,8H2,(H2,18,22)(H,20,21). The summed E-state index contributed by atoms with van der Waals surface area (Å²) in [7, 11) is 0. The molecule has 0 spiro atoms. The second-order valence-electron chi connectivity index (χ2n) is 5.65. The van der Waals surface area contributed by atoms with Crippen LogP contribution in [-0.2, 0) is 12.8 Å². The number of thiophene rings is 1. The highest BCUT2D eigenvalue weighted by molar-refractivity contribution is 7.16. The molecule has 1 aliphatic carbocycles. The van der Waals surface area contributed by atoms with Crippen molar-refractivity contribution < 1.29 is 4.79 Å². The molecular weight excluding hydrogens is 308 g/mol. The van der Waals surface area contributed by atoms with Crippen molar-refractivity contribution in [3.8, 4) is 0 Å². The molecule has 23 heavy (non-hydrogen) atoms. The first-order valence-corrected chi connectivity index (χ1v) is 8.47. The first kappa shape index (κ1) is 14.1. The molecule has 0 atom stereocenters. The van der Waals surface area contributed by atoms with Crippen LogP contribution in [0.15, 0.2) is 29.3 Å². The van der Waals surface area contributed by atoms with Gasteiger partial charge in [-0.25, -0.2) is 9.98 Å². The summed E-state index contributed by atoms with van der Waals surface area (Å²) in [6.45, 7) is 0. The highest BCUT2D eigenvalue weighted by atomic mass is 32.1. The third kappa shape index (κ3) is 2.55. The number of nitrogens with two attached hydrogens (primary N) is 1. The van der Waals surface area contributed by atoms with Crippen LogP contribution in [-0.4, -0.2) is 22.1 Å². The quantitative estimate of drug-likeness (QED) is 0.724. The Morgan fingerprint density at radius 1 is 1.30 bits per heavy atom. The second-order valence-corrected chi connectivity index (χ2v) is 6.74. The summed E-state index contributed by atoms with van der Waals surface area (Å²) in [5.74, 6) is 0.286. The lowest BCUT2D eigenvalue weighted by atomic mass is 9.95. The average molecular weight is 324 g/mol. The van der Waals surface area contributed by atoms with E-state index in [1.807, 2.05) is 24.3 Å². The molecule has 116 valence electrons. The fraction of sp³-hybridized carbons (Fsp3) is 0.235. The van der Waals surface area contributed by atoms with E-state index in [2.05, 4.69) is 15.0 Å². The Labute approximate surface area is 137 Å². The molecule has 0 saturated heterocycles. The number of aromatic amines is 1. The van der Waals surface area contributed by atoms with Crippen molar-refractivity contribution in [2.45, 2.75) is 25.7 Å². The molecule has 0 unspecified atom stereocenters. The number of imidazole rings is 1. The maximum atomic E-state index is 11.8. The number of fused-ring (bicyclic) bond motifs is 2. The Hall–Kier alpha value is -2.47. The van der Waals surface area contributed by atoms with Crippen molar-refractivity contribution in [1.29, 1.82) is 0 Å². The van der Waals surface area contributed by atoms with E-state index in [4.69, 9.17) is 5.73 Å². The van der Waals surface area contributed by atoms with E-state index in [-0.39, 0.29) is 5.91 Å². The van der Waals surface area contributed by atoms with E-state index in [1.54, 1.807) is 17.6 Å². The number of nitrogens with one attached hydrogen (secondary N) is 1. The number of benzene rings is 1. The Bertz CT molecular complexity index is 889. The van der Waals surface area contributed by atoms with Crippen LogP contribution in [0.5, 0.6) is 0 Å². The number of para-hydroxylation sites is 2. The van der Waals surface area contributed by atoms with Gasteiger partial charge in [0, 0.05) is 4.88 Å². The van der Waals surface area contributed by atoms with E-state index in [0.717, 1.165) is 35.9 Å². The number of hydrogen-bond acceptors (Lipinski definition) is 4. The SMILES string of the molecule is NC(=O)c1c(N=Cc2nc3ccccc3[nH]2)sc2c1CCCC2. The largest absolute Gasteiger partial charge is 0.365 e. The number of aromatic nitrogens is 2. The van der Waals surface area contributed by atoms with Gasteiger partial charge < -0.3 is 10.7 Å². The zero-order valence-corrected chi connectivity index (χ0v) is 13.3. The zero-order chi connectivity index (χ0) is 15.8. The molecule has 5 nitrogen and oxygen atoms in total. The Balaban J connectivity index is 1.73. The highest BCUT2D eigenvalue weighted by Gasteiger charge is 2.23. The van der Waals surface area contributed by atoms with Crippen LogP contribution >= 0.6 is 11.3 Å². The maximum absolute atomic E-state index is 11.8. The molecule has 6 heteroatoms. The summed E-state index contributed by atoms with van der Waals surface area (Å²) in [6, 6.07) is 7.82. The van der Waals surface area contributed by atoms with Crippen molar-refractivity contribution in [3.05, 3.63) is 46.1 Å². The molecule has 2 aromatic heterocycles. The van der Waals surface area contributed by atoms with Gasteiger partial charge in [0.25, 0.3) is 5.91 Å². The minimum atomic E-state index is -0.388. The molecule has 0 saturated carbocycles. The van der Waals surface area contributed by atoms with Gasteiger partial charge in [-0.2, -0.15) is 0 Å². The molecule has 2 heterocycles. The van der Waals surface area contributed by atoms with Crippen molar-refractivity contribution in [2.75, 3.05) is 0 Å². The number of aryl methyl sites for hydroxylation is 1. The molecule has 3 N–H and O–H groups in total. The number of nitrogens with zero attached hydrogens (tertiary/aromatic N) is 2. The van der Waals surface area contributed by atoms with E-state index in [1.165, 1.54) is 11.3 Å². The van der Waals surface area contributed by atoms with E-state index >= 15 is 0 Å². The number of H-pyrrole nitrogens is 1. The van der Waals surface area contributed by atoms with Crippen molar-refractivity contribution in [3.63, 3.8) is 0 Å². The monoisotopic (exact) mass is 324 g/mol. The van der Waals surface area contributed by atoms with Crippen molar-refractivity contribution in [2.24, 2.45) is 10.7 Å². The van der Waals surface area contributed by atoms with E-state index in [9.17, 15) is 4.79 Å². The normalized spacial score (nSPS) is 14.4. The van der Waals surface area contributed by atoms with Gasteiger partial charge in [-0.1, -0.05) is 12.1 Å². The topological polar surface area (TPSA) is 84.1 Å². The van der Waals surface area contributed by atoms with Crippen LogP contribution in [0.3, 0.4) is 0 Å². The van der Waals surface area contributed by atoms with Gasteiger partial charge in [-0.05, 0) is 43.4 Å². The number of rotatable bonds is 3. The van der Waals surface area contributed by atoms with Crippen LogP contribution in [0.4, 0.5) is 5.00 Å². The summed E-state index contributed by atoms with van der Waals surface area (Å²) in [5, 5.41) is 0.699. The zero-order valence-electron chi connectivity index (χ0n) is 12.5. The Morgan fingerprint density at radius 3 is 2.96 bits per heavy atom. The molecule has 0 aliphatic heterocycles. The summed E-state index contributed by atoms with van der Waals surface area (Å²) in [6.07, 6.45) is 5.88. The smallest absolute Gasteiger partial charge is 0.252 e. The second kappa shape index (κ2) is 5.62. The van der Waals surface area contributed by atoms with Gasteiger partial charge in [0.2, 0.25) is 0 Å². The number of amides is 1. The predicted octanol–water partition coefficient (Wildman–Crippen LogP) is 3.35. The highest BCUT2D eigenvalue weighted by Crippen LogP contribution is 2.39. The summed E-state index contributed by atoms with van der Waals surface area (Å²) in [5.41, 5.74) is 9.15. The number of aliphatic imine (C=N–C) groups is 1. The van der Waals surface area contributed by atoms with Gasteiger partial charge in [-0.15, -0.1) is 11.3 Å². The predicted molar refractivity (Wildman–Crippen MR) is 92.8 cm³/mol. The first-order chi connectivity index (χ1) is 11.2. The Kier molecular flexibility index (Phi) is 3.46. The lowest BCUT2D eigenvalue weighted by Crippen LogP contribution is -2.14. The van der Waals surface area contributed by atoms with Crippen LogP contribution in [0, 0.1) is 0 Å². The molecule has 1 aliphatic rings. The van der Waals surface area contributed by atoms with Gasteiger partial charge in [0.05, 0.1) is 22.8 Å². The Morgan fingerprint density at radius 2 is 2.13 bits per heavy atom. The molecular formula is C17H16N4OS. The third-order valence-electron chi connectivity index (χ3n) is 4.11. The number of carbonyl (C=O) groups excluding carboxylic acids is 1. The summed E-state index contributed by atoms with van der Waals surface area (Å²) < 4.78 is 0. The minimum Gasteiger partial charge on any atom is -0.365 e. The molecule has 0 fully saturated rings. The van der Waals surface area contributed by atoms with Gasteiger partial charge in [-0.3, -0.25) is 4.79 Å². The molecule has 3 aromatic rings. The third-order valence-corrected chi connectivity index (χ3v) is 5.31. The van der Waals surface area contributed by atoms with Gasteiger partial charge >= 0.3 is 0 Å². The molecule has 4 rings (SSSR count). The maximum Gasteiger partial charge on any atom is 0.252 e. The van der Waals surface area contributed by atoms with Crippen molar-refractivity contribution in [1.82, 2.24) is 9.97 Å². The molecule has 0 radical (unpaired) electrons. The van der Waals surface area contributed by atoms with Crippen LogP contribution in [0.25, 0.3) is 11.0 Å². The minimum absolute atomic E-state index is 0.388. The molecule has 1 aromatic carbocycles.